The molecule has 2 aliphatic heterocycles. The van der Waals surface area contributed by atoms with Crippen LogP contribution in [0.1, 0.15) is 17.7 Å². The molecule has 2 amide bonds. The van der Waals surface area contributed by atoms with Crippen LogP contribution in [0.25, 0.3) is 0 Å². The molecule has 1 atom stereocenters. The fourth-order valence-corrected chi connectivity index (χ4v) is 4.69. The number of nitrogens with zero attached hydrogens (tertiary/aromatic N) is 5. The van der Waals surface area contributed by atoms with Gasteiger partial charge in [0.2, 0.25) is 17.8 Å². The number of carbonyl (C=O) groups excluding carboxylic acids is 2. The van der Waals surface area contributed by atoms with E-state index in [1.807, 2.05) is 49.1 Å². The van der Waals surface area contributed by atoms with Crippen LogP contribution in [-0.2, 0) is 9.59 Å². The summed E-state index contributed by atoms with van der Waals surface area (Å²) >= 11 is 0. The van der Waals surface area contributed by atoms with Crippen LogP contribution >= 0.6 is 0 Å². The van der Waals surface area contributed by atoms with Gasteiger partial charge in [-0.3, -0.25) is 9.59 Å². The average molecular weight is 489 g/mol. The minimum Gasteiger partial charge on any atom is -0.353 e. The van der Waals surface area contributed by atoms with E-state index in [1.54, 1.807) is 17.0 Å². The molecule has 3 aromatic rings. The van der Waals surface area contributed by atoms with Crippen molar-refractivity contribution in [2.75, 3.05) is 47.8 Å². The summed E-state index contributed by atoms with van der Waals surface area (Å²) in [5.41, 5.74) is 3.59. The Bertz CT molecular complexity index is 1260. The van der Waals surface area contributed by atoms with E-state index in [1.165, 1.54) is 17.7 Å². The van der Waals surface area contributed by atoms with Crippen molar-refractivity contribution in [3.05, 3.63) is 71.7 Å². The van der Waals surface area contributed by atoms with Gasteiger partial charge in [-0.1, -0.05) is 17.7 Å². The number of aromatic nitrogens is 2. The molecule has 1 unspecified atom stereocenters. The first-order valence-electron chi connectivity index (χ1n) is 12.1. The van der Waals surface area contributed by atoms with Crippen molar-refractivity contribution in [1.29, 1.82) is 0 Å². The molecule has 2 aliphatic rings. The van der Waals surface area contributed by atoms with E-state index in [0.717, 1.165) is 17.2 Å². The van der Waals surface area contributed by atoms with Crippen LogP contribution in [0.5, 0.6) is 0 Å². The van der Waals surface area contributed by atoms with Gasteiger partial charge in [0.25, 0.3) is 0 Å². The Labute approximate surface area is 209 Å². The Morgan fingerprint density at radius 2 is 1.67 bits per heavy atom. The van der Waals surface area contributed by atoms with Crippen molar-refractivity contribution in [1.82, 2.24) is 14.9 Å². The van der Waals surface area contributed by atoms with Gasteiger partial charge in [-0.15, -0.1) is 0 Å². The number of piperazine rings is 1. The van der Waals surface area contributed by atoms with Crippen LogP contribution in [0.4, 0.5) is 27.5 Å². The van der Waals surface area contributed by atoms with E-state index < -0.39 is 0 Å². The zero-order valence-corrected chi connectivity index (χ0v) is 20.4. The number of halogens is 1. The number of aryl methyl sites for hydroxylation is 2. The Balaban J connectivity index is 1.20. The number of rotatable bonds is 5. The highest BCUT2D eigenvalue weighted by Gasteiger charge is 2.38. The van der Waals surface area contributed by atoms with Gasteiger partial charge in [-0.25, -0.2) is 9.37 Å². The van der Waals surface area contributed by atoms with Gasteiger partial charge in [0.15, 0.2) is 0 Å². The average Bonchev–Trinajstić information content (AvgIpc) is 3.27. The minimum absolute atomic E-state index is 0.00629. The van der Waals surface area contributed by atoms with Crippen molar-refractivity contribution < 1.29 is 14.0 Å². The normalized spacial score (nSPS) is 18.0. The van der Waals surface area contributed by atoms with E-state index >= 15 is 0 Å². The SMILES string of the molecule is Cc1ccc(Nc2nc(C)cc(N3CCN(C(=O)C4CC(=O)N(c5ccc(F)cc5)C4)CC3)n2)cc1. The summed E-state index contributed by atoms with van der Waals surface area (Å²) < 4.78 is 13.2. The summed E-state index contributed by atoms with van der Waals surface area (Å²) in [5, 5.41) is 3.27. The van der Waals surface area contributed by atoms with Crippen LogP contribution in [0.15, 0.2) is 54.6 Å². The zero-order valence-electron chi connectivity index (χ0n) is 20.4. The Morgan fingerprint density at radius 3 is 2.36 bits per heavy atom. The van der Waals surface area contributed by atoms with Gasteiger partial charge >= 0.3 is 0 Å². The first-order chi connectivity index (χ1) is 17.4. The number of benzene rings is 2. The zero-order chi connectivity index (χ0) is 25.2. The molecule has 0 bridgehead atoms. The van der Waals surface area contributed by atoms with Gasteiger partial charge < -0.3 is 20.0 Å². The molecule has 0 aliphatic carbocycles. The number of carbonyl (C=O) groups is 2. The van der Waals surface area contributed by atoms with Crippen LogP contribution in [0.2, 0.25) is 0 Å². The second kappa shape index (κ2) is 9.93. The summed E-state index contributed by atoms with van der Waals surface area (Å²) in [4.78, 5) is 40.5. The molecule has 8 nitrogen and oxygen atoms in total. The van der Waals surface area contributed by atoms with Crippen molar-refractivity contribution >= 4 is 35.0 Å². The molecule has 1 aromatic heterocycles. The number of nitrogens with one attached hydrogen (secondary N) is 1. The highest BCUT2D eigenvalue weighted by Crippen LogP contribution is 2.27. The maximum Gasteiger partial charge on any atom is 0.229 e. The van der Waals surface area contributed by atoms with Gasteiger partial charge in [0.05, 0.1) is 5.92 Å². The molecule has 9 heteroatoms. The van der Waals surface area contributed by atoms with Crippen LogP contribution in [0, 0.1) is 25.6 Å². The van der Waals surface area contributed by atoms with Crippen molar-refractivity contribution in [2.24, 2.45) is 5.92 Å². The summed E-state index contributed by atoms with van der Waals surface area (Å²) in [7, 11) is 0. The quantitative estimate of drug-likeness (QED) is 0.590. The lowest BCUT2D eigenvalue weighted by Gasteiger charge is -2.36. The molecule has 2 aromatic carbocycles. The molecule has 0 spiro atoms. The first-order valence-corrected chi connectivity index (χ1v) is 12.1. The Kier molecular flexibility index (Phi) is 6.54. The number of anilines is 4. The van der Waals surface area contributed by atoms with Crippen molar-refractivity contribution in [3.63, 3.8) is 0 Å². The van der Waals surface area contributed by atoms with E-state index in [2.05, 4.69) is 15.2 Å². The van der Waals surface area contributed by atoms with Crippen LogP contribution < -0.4 is 15.1 Å². The fourth-order valence-electron chi connectivity index (χ4n) is 4.69. The highest BCUT2D eigenvalue weighted by atomic mass is 19.1. The molecule has 1 N–H and O–H groups in total. The van der Waals surface area contributed by atoms with E-state index in [0.29, 0.717) is 44.4 Å². The third-order valence-corrected chi connectivity index (χ3v) is 6.68. The summed E-state index contributed by atoms with van der Waals surface area (Å²) in [5.74, 6) is 0.505. The molecular formula is C27H29FN6O2. The van der Waals surface area contributed by atoms with Crippen molar-refractivity contribution in [2.45, 2.75) is 20.3 Å². The standard InChI is InChI=1S/C27H29FN6O2/c1-18-3-7-22(8-4-18)30-27-29-19(2)15-24(31-27)32-11-13-33(14-12-32)26(36)20-16-25(35)34(17-20)23-9-5-21(28)6-10-23/h3-10,15,20H,11-14,16-17H2,1-2H3,(H,29,30,31). The maximum atomic E-state index is 13.2. The monoisotopic (exact) mass is 488 g/mol. The smallest absolute Gasteiger partial charge is 0.229 e. The Hall–Kier alpha value is -4.01. The second-order valence-electron chi connectivity index (χ2n) is 9.38. The van der Waals surface area contributed by atoms with Gasteiger partial charge in [-0.05, 0) is 50.2 Å². The number of hydrogen-bond donors (Lipinski definition) is 1. The molecule has 3 heterocycles. The first kappa shape index (κ1) is 23.7. The number of amides is 2. The van der Waals surface area contributed by atoms with E-state index in [9.17, 15) is 14.0 Å². The Morgan fingerprint density at radius 1 is 0.972 bits per heavy atom. The molecule has 5 rings (SSSR count). The number of hydrogen-bond acceptors (Lipinski definition) is 6. The molecule has 2 saturated heterocycles. The van der Waals surface area contributed by atoms with Crippen molar-refractivity contribution in [3.8, 4) is 0 Å². The summed E-state index contributed by atoms with van der Waals surface area (Å²) in [6.45, 7) is 6.72. The van der Waals surface area contributed by atoms with Gasteiger partial charge in [0, 0.05) is 62.3 Å². The molecular weight excluding hydrogens is 459 g/mol. The molecule has 0 radical (unpaired) electrons. The van der Waals surface area contributed by atoms with Crippen LogP contribution in [-0.4, -0.2) is 59.4 Å². The van der Waals surface area contributed by atoms with Gasteiger partial charge in [-0.2, -0.15) is 4.98 Å². The highest BCUT2D eigenvalue weighted by molar-refractivity contribution is 6.00. The molecule has 0 saturated carbocycles. The lowest BCUT2D eigenvalue weighted by Crippen LogP contribution is -2.51. The second-order valence-corrected chi connectivity index (χ2v) is 9.38. The lowest BCUT2D eigenvalue weighted by atomic mass is 10.1. The van der Waals surface area contributed by atoms with E-state index in [-0.39, 0.29) is 30.0 Å². The summed E-state index contributed by atoms with van der Waals surface area (Å²) in [6.07, 6.45) is 0.176. The molecule has 2 fully saturated rings. The fraction of sp³-hybridized carbons (Fsp3) is 0.333. The molecule has 36 heavy (non-hydrogen) atoms. The van der Waals surface area contributed by atoms with Crippen LogP contribution in [0.3, 0.4) is 0 Å². The van der Waals surface area contributed by atoms with E-state index in [4.69, 9.17) is 4.98 Å². The summed E-state index contributed by atoms with van der Waals surface area (Å²) in [6, 6.07) is 15.8. The largest absolute Gasteiger partial charge is 0.353 e. The van der Waals surface area contributed by atoms with Gasteiger partial charge in [0.1, 0.15) is 11.6 Å². The molecule has 186 valence electrons. The maximum absolute atomic E-state index is 13.2. The minimum atomic E-state index is -0.388. The topological polar surface area (TPSA) is 81.7 Å². The third-order valence-electron chi connectivity index (χ3n) is 6.68. The predicted molar refractivity (Wildman–Crippen MR) is 137 cm³/mol. The lowest BCUT2D eigenvalue weighted by molar-refractivity contribution is -0.136. The predicted octanol–water partition coefficient (Wildman–Crippen LogP) is 3.68. The third kappa shape index (κ3) is 5.15.